The maximum absolute atomic E-state index is 13.4. The number of sulfonamides is 1. The number of hydrogen-bond acceptors (Lipinski definition) is 4. The number of primary sulfonamides is 1. The van der Waals surface area contributed by atoms with Crippen molar-refractivity contribution in [2.75, 3.05) is 6.61 Å². The third-order valence-electron chi connectivity index (χ3n) is 6.29. The van der Waals surface area contributed by atoms with Crippen LogP contribution in [0.5, 0.6) is 0 Å². The lowest BCUT2D eigenvalue weighted by Gasteiger charge is -2.15. The van der Waals surface area contributed by atoms with Gasteiger partial charge in [-0.1, -0.05) is 35.9 Å². The third kappa shape index (κ3) is 4.44. The van der Waals surface area contributed by atoms with Gasteiger partial charge in [0.1, 0.15) is 0 Å². The van der Waals surface area contributed by atoms with Crippen molar-refractivity contribution >= 4 is 38.5 Å². The summed E-state index contributed by atoms with van der Waals surface area (Å²) in [4.78, 5) is 16.7. The number of carbonyl (C=O) groups is 1. The van der Waals surface area contributed by atoms with E-state index in [1.807, 2.05) is 54.1 Å². The fraction of sp³-hybridized carbons (Fsp3) is 0.107. The highest BCUT2D eigenvalue weighted by Gasteiger charge is 2.29. The van der Waals surface area contributed by atoms with Crippen LogP contribution in [-0.2, 0) is 14.8 Å². The minimum Gasteiger partial charge on any atom is -0.462 e. The summed E-state index contributed by atoms with van der Waals surface area (Å²) in [6.07, 6.45) is 1.86. The summed E-state index contributed by atoms with van der Waals surface area (Å²) in [7, 11) is -3.87. The van der Waals surface area contributed by atoms with Crippen molar-refractivity contribution in [3.8, 4) is 28.1 Å². The van der Waals surface area contributed by atoms with Crippen molar-refractivity contribution in [1.29, 1.82) is 0 Å². The zero-order chi connectivity index (χ0) is 26.3. The average molecular weight is 534 g/mol. The molecule has 0 saturated carbocycles. The average Bonchev–Trinajstić information content (AvgIpc) is 3.46. The first-order chi connectivity index (χ1) is 17.7. The fourth-order valence-corrected chi connectivity index (χ4v) is 5.34. The van der Waals surface area contributed by atoms with E-state index in [-0.39, 0.29) is 11.5 Å². The number of fused-ring (bicyclic) bond motifs is 1. The highest BCUT2D eigenvalue weighted by molar-refractivity contribution is 7.89. The Kier molecular flexibility index (Phi) is 6.41. The minimum absolute atomic E-state index is 0.00275. The van der Waals surface area contributed by atoms with E-state index < -0.39 is 16.0 Å². The van der Waals surface area contributed by atoms with Gasteiger partial charge in [-0.15, -0.1) is 0 Å². The van der Waals surface area contributed by atoms with Crippen molar-refractivity contribution in [3.05, 3.63) is 95.3 Å². The molecule has 0 amide bonds. The topological polar surface area (TPSA) is 107 Å². The number of rotatable bonds is 6. The molecule has 0 aliphatic rings. The van der Waals surface area contributed by atoms with E-state index in [1.54, 1.807) is 31.2 Å². The zero-order valence-electron chi connectivity index (χ0n) is 20.2. The summed E-state index contributed by atoms with van der Waals surface area (Å²) < 4.78 is 31.2. The van der Waals surface area contributed by atoms with Crippen LogP contribution in [0.25, 0.3) is 39.0 Å². The molecule has 0 spiro atoms. The smallest absolute Gasteiger partial charge is 0.340 e. The standard InChI is InChI=1S/C28H24ClN3O4S/c1-3-36-28(33)25-17(2)32(20-11-13-21(14-12-20)37(30,34)35)27(18-7-9-19(29)10-8-18)26(25)23-5-4-6-24-22(23)15-16-31-24/h4-16,31H,3H2,1-2H3,(H2,30,34,35). The Bertz CT molecular complexity index is 1740. The summed E-state index contributed by atoms with van der Waals surface area (Å²) in [6.45, 7) is 3.83. The molecular formula is C28H24ClN3O4S. The largest absolute Gasteiger partial charge is 0.462 e. The van der Waals surface area contributed by atoms with Crippen molar-refractivity contribution in [1.82, 2.24) is 9.55 Å². The van der Waals surface area contributed by atoms with Crippen LogP contribution in [0.2, 0.25) is 5.02 Å². The number of nitrogens with two attached hydrogens (primary N) is 1. The number of nitrogens with one attached hydrogen (secondary N) is 1. The molecule has 2 aromatic heterocycles. The van der Waals surface area contributed by atoms with E-state index in [1.165, 1.54) is 12.1 Å². The number of nitrogens with zero attached hydrogens (tertiary/aromatic N) is 1. The second kappa shape index (κ2) is 9.55. The van der Waals surface area contributed by atoms with Gasteiger partial charge in [-0.05, 0) is 73.5 Å². The van der Waals surface area contributed by atoms with Gasteiger partial charge in [-0.3, -0.25) is 0 Å². The van der Waals surface area contributed by atoms with Crippen molar-refractivity contribution in [2.24, 2.45) is 5.14 Å². The van der Waals surface area contributed by atoms with Gasteiger partial charge in [0.05, 0.1) is 22.8 Å². The number of hydrogen-bond donors (Lipinski definition) is 2. The molecule has 0 fully saturated rings. The lowest BCUT2D eigenvalue weighted by molar-refractivity contribution is 0.0526. The number of carbonyl (C=O) groups excluding carboxylic acids is 1. The van der Waals surface area contributed by atoms with Gasteiger partial charge in [-0.2, -0.15) is 0 Å². The number of H-pyrrole nitrogens is 1. The molecular weight excluding hydrogens is 510 g/mol. The van der Waals surface area contributed by atoms with Crippen molar-refractivity contribution < 1.29 is 17.9 Å². The number of aromatic nitrogens is 2. The molecule has 5 rings (SSSR count). The Balaban J connectivity index is 1.91. The molecule has 0 bridgehead atoms. The normalized spacial score (nSPS) is 11.7. The van der Waals surface area contributed by atoms with Crippen LogP contribution in [0.1, 0.15) is 23.0 Å². The molecule has 5 aromatic rings. The van der Waals surface area contributed by atoms with Crippen LogP contribution in [0.4, 0.5) is 0 Å². The molecule has 188 valence electrons. The molecule has 2 heterocycles. The summed E-state index contributed by atoms with van der Waals surface area (Å²) in [6, 6.07) is 21.5. The second-order valence-electron chi connectivity index (χ2n) is 8.53. The molecule has 7 nitrogen and oxygen atoms in total. The third-order valence-corrected chi connectivity index (χ3v) is 7.47. The molecule has 3 aromatic carbocycles. The van der Waals surface area contributed by atoms with Crippen LogP contribution in [-0.4, -0.2) is 30.5 Å². The molecule has 3 N–H and O–H groups in total. The number of benzene rings is 3. The van der Waals surface area contributed by atoms with Gasteiger partial charge in [0.15, 0.2) is 0 Å². The Morgan fingerprint density at radius 1 is 1.03 bits per heavy atom. The molecule has 0 aliphatic heterocycles. The summed E-state index contributed by atoms with van der Waals surface area (Å²) in [5.74, 6) is -0.447. The molecule has 0 unspecified atom stereocenters. The molecule has 0 radical (unpaired) electrons. The molecule has 0 aliphatic carbocycles. The van der Waals surface area contributed by atoms with E-state index in [0.717, 1.165) is 27.7 Å². The summed E-state index contributed by atoms with van der Waals surface area (Å²) in [5, 5.41) is 6.85. The SMILES string of the molecule is CCOC(=O)c1c(-c2cccc3[nH]ccc23)c(-c2ccc(Cl)cc2)n(-c2ccc(S(N)(=O)=O)cc2)c1C. The van der Waals surface area contributed by atoms with Crippen LogP contribution in [0.3, 0.4) is 0 Å². The predicted octanol–water partition coefficient (Wildman–Crippen LogP) is 6.08. The van der Waals surface area contributed by atoms with Crippen LogP contribution < -0.4 is 5.14 Å². The Labute approximate surface area is 219 Å². The lowest BCUT2D eigenvalue weighted by atomic mass is 9.94. The minimum atomic E-state index is -3.87. The van der Waals surface area contributed by atoms with Crippen molar-refractivity contribution in [3.63, 3.8) is 0 Å². The van der Waals surface area contributed by atoms with Crippen molar-refractivity contribution in [2.45, 2.75) is 18.7 Å². The van der Waals surface area contributed by atoms with Gasteiger partial charge in [0.2, 0.25) is 10.0 Å². The number of esters is 1. The van der Waals surface area contributed by atoms with Crippen LogP contribution >= 0.6 is 11.6 Å². The predicted molar refractivity (Wildman–Crippen MR) is 146 cm³/mol. The zero-order valence-corrected chi connectivity index (χ0v) is 21.7. The number of halogens is 1. The summed E-state index contributed by atoms with van der Waals surface area (Å²) >= 11 is 6.21. The van der Waals surface area contributed by atoms with Crippen LogP contribution in [0.15, 0.2) is 83.9 Å². The molecule has 0 saturated heterocycles. The van der Waals surface area contributed by atoms with E-state index in [0.29, 0.717) is 27.5 Å². The second-order valence-corrected chi connectivity index (χ2v) is 10.5. The first kappa shape index (κ1) is 24.8. The van der Waals surface area contributed by atoms with Gasteiger partial charge in [-0.25, -0.2) is 18.4 Å². The van der Waals surface area contributed by atoms with E-state index in [9.17, 15) is 13.2 Å². The van der Waals surface area contributed by atoms with Crippen LogP contribution in [0, 0.1) is 6.92 Å². The monoisotopic (exact) mass is 533 g/mol. The van der Waals surface area contributed by atoms with E-state index in [4.69, 9.17) is 21.5 Å². The summed E-state index contributed by atoms with van der Waals surface area (Å²) in [5.41, 5.74) is 5.79. The number of ether oxygens (including phenoxy) is 1. The Morgan fingerprint density at radius 3 is 2.38 bits per heavy atom. The highest BCUT2D eigenvalue weighted by Crippen LogP contribution is 2.44. The quantitative estimate of drug-likeness (QED) is 0.258. The Morgan fingerprint density at radius 2 is 1.73 bits per heavy atom. The van der Waals surface area contributed by atoms with E-state index >= 15 is 0 Å². The van der Waals surface area contributed by atoms with Gasteiger partial charge >= 0.3 is 5.97 Å². The maximum atomic E-state index is 13.4. The highest BCUT2D eigenvalue weighted by atomic mass is 35.5. The lowest BCUT2D eigenvalue weighted by Crippen LogP contribution is -2.12. The molecule has 0 atom stereocenters. The fourth-order valence-electron chi connectivity index (χ4n) is 4.70. The van der Waals surface area contributed by atoms with Gasteiger partial charge in [0, 0.05) is 39.1 Å². The Hall–Kier alpha value is -3.85. The molecule has 37 heavy (non-hydrogen) atoms. The maximum Gasteiger partial charge on any atom is 0.340 e. The first-order valence-corrected chi connectivity index (χ1v) is 13.5. The van der Waals surface area contributed by atoms with E-state index in [2.05, 4.69) is 4.98 Å². The first-order valence-electron chi connectivity index (χ1n) is 11.6. The molecule has 9 heteroatoms. The van der Waals surface area contributed by atoms with Gasteiger partial charge < -0.3 is 14.3 Å². The van der Waals surface area contributed by atoms with Gasteiger partial charge in [0.25, 0.3) is 0 Å². The number of aromatic amines is 1.